The first-order valence-electron chi connectivity index (χ1n) is 10.7. The fourth-order valence-electron chi connectivity index (χ4n) is 4.41. The maximum absolute atomic E-state index is 4.81. The van der Waals surface area contributed by atoms with Gasteiger partial charge in [0, 0.05) is 57.9 Å². The third-order valence-electron chi connectivity index (χ3n) is 6.05. The van der Waals surface area contributed by atoms with Crippen molar-refractivity contribution in [3.63, 3.8) is 0 Å². The van der Waals surface area contributed by atoms with Crippen LogP contribution in [0.25, 0.3) is 5.69 Å². The Bertz CT molecular complexity index is 1000. The predicted octanol–water partition coefficient (Wildman–Crippen LogP) is 2.47. The summed E-state index contributed by atoms with van der Waals surface area (Å²) in [6.07, 6.45) is 5.75. The van der Waals surface area contributed by atoms with Crippen molar-refractivity contribution in [2.45, 2.75) is 6.04 Å². The smallest absolute Gasteiger partial charge is 0.153 e. The molecule has 0 spiro atoms. The lowest BCUT2D eigenvalue weighted by atomic mass is 10.0. The Balaban J connectivity index is 1.41. The molecule has 0 aliphatic carbocycles. The summed E-state index contributed by atoms with van der Waals surface area (Å²) in [7, 11) is 4.26. The number of hydrogen-bond donors (Lipinski definition) is 1. The van der Waals surface area contributed by atoms with Crippen LogP contribution in [0.5, 0.6) is 0 Å². The van der Waals surface area contributed by atoms with E-state index in [0.717, 1.165) is 56.5 Å². The molecule has 1 fully saturated rings. The summed E-state index contributed by atoms with van der Waals surface area (Å²) in [5.74, 6) is 0.995. The van der Waals surface area contributed by atoms with Crippen molar-refractivity contribution < 1.29 is 0 Å². The van der Waals surface area contributed by atoms with Gasteiger partial charge in [0.1, 0.15) is 11.7 Å². The highest BCUT2D eigenvalue weighted by Gasteiger charge is 2.30. The van der Waals surface area contributed by atoms with Gasteiger partial charge in [-0.2, -0.15) is 0 Å². The zero-order valence-electron chi connectivity index (χ0n) is 17.7. The van der Waals surface area contributed by atoms with Crippen LogP contribution in [-0.2, 0) is 0 Å². The highest BCUT2D eigenvalue weighted by molar-refractivity contribution is 5.67. The first-order chi connectivity index (χ1) is 14.7. The van der Waals surface area contributed by atoms with Crippen LogP contribution in [0.4, 0.5) is 11.5 Å². The van der Waals surface area contributed by atoms with Gasteiger partial charge in [0.2, 0.25) is 0 Å². The quantitative estimate of drug-likeness (QED) is 0.706. The summed E-state index contributed by atoms with van der Waals surface area (Å²) in [6, 6.07) is 12.7. The minimum Gasteiger partial charge on any atom is -0.370 e. The van der Waals surface area contributed by atoms with E-state index in [4.69, 9.17) is 9.97 Å². The summed E-state index contributed by atoms with van der Waals surface area (Å²) < 4.78 is 2.26. The highest BCUT2D eigenvalue weighted by atomic mass is 15.3. The molecule has 2 aromatic heterocycles. The molecule has 1 unspecified atom stereocenters. The predicted molar refractivity (Wildman–Crippen MR) is 120 cm³/mol. The number of para-hydroxylation sites is 2. The van der Waals surface area contributed by atoms with Crippen LogP contribution in [0.1, 0.15) is 17.4 Å². The number of fused-ring (bicyclic) bond motifs is 3. The minimum absolute atomic E-state index is 0.0228. The van der Waals surface area contributed by atoms with Crippen LogP contribution >= 0.6 is 0 Å². The van der Waals surface area contributed by atoms with Crippen LogP contribution in [0.2, 0.25) is 0 Å². The molecule has 30 heavy (non-hydrogen) atoms. The third-order valence-corrected chi connectivity index (χ3v) is 6.05. The lowest BCUT2D eigenvalue weighted by Gasteiger charge is -2.37. The molecular formula is C23H29N7. The van der Waals surface area contributed by atoms with Gasteiger partial charge in [-0.3, -0.25) is 9.88 Å². The first-order valence-corrected chi connectivity index (χ1v) is 10.7. The number of nitrogens with one attached hydrogen (secondary N) is 1. The zero-order chi connectivity index (χ0) is 20.5. The Morgan fingerprint density at radius 3 is 2.63 bits per heavy atom. The van der Waals surface area contributed by atoms with E-state index in [2.05, 4.69) is 81.3 Å². The minimum atomic E-state index is -0.0228. The van der Waals surface area contributed by atoms with Gasteiger partial charge >= 0.3 is 0 Å². The van der Waals surface area contributed by atoms with Gasteiger partial charge in [-0.1, -0.05) is 12.1 Å². The number of aromatic nitrogens is 3. The van der Waals surface area contributed by atoms with Crippen LogP contribution < -0.4 is 10.2 Å². The fourth-order valence-corrected chi connectivity index (χ4v) is 4.41. The average molecular weight is 404 g/mol. The molecule has 1 atom stereocenters. The fraction of sp³-hybridized carbons (Fsp3) is 0.391. The molecule has 2 aliphatic rings. The molecule has 5 rings (SSSR count). The van der Waals surface area contributed by atoms with Crippen LogP contribution in [0.3, 0.4) is 0 Å². The van der Waals surface area contributed by atoms with Crippen LogP contribution in [0.15, 0.2) is 55.0 Å². The third kappa shape index (κ3) is 3.55. The normalized spacial score (nSPS) is 18.8. The van der Waals surface area contributed by atoms with E-state index in [0.29, 0.717) is 0 Å². The summed E-state index contributed by atoms with van der Waals surface area (Å²) in [4.78, 5) is 16.8. The van der Waals surface area contributed by atoms with Gasteiger partial charge in [-0.25, -0.2) is 4.98 Å². The molecule has 4 heterocycles. The van der Waals surface area contributed by atoms with E-state index in [-0.39, 0.29) is 6.04 Å². The number of likely N-dealkylation sites (N-methyl/N-ethyl adjacent to an activating group) is 1. The standard InChI is InChI=1S/C23H29N7/c1-27(2)12-13-28-14-16-29(17-15-28)23-22(24-9-10-25-23)21-20-8-5-11-30(20)19-7-4-3-6-18(19)26-21/h3-11,21,26H,12-17H2,1-2H3. The molecule has 1 saturated heterocycles. The van der Waals surface area contributed by atoms with Gasteiger partial charge in [-0.15, -0.1) is 0 Å². The van der Waals surface area contributed by atoms with Crippen molar-refractivity contribution in [1.82, 2.24) is 24.3 Å². The first kappa shape index (κ1) is 19.1. The van der Waals surface area contributed by atoms with Crippen molar-refractivity contribution in [2.24, 2.45) is 0 Å². The lowest BCUT2D eigenvalue weighted by molar-refractivity contribution is 0.229. The van der Waals surface area contributed by atoms with E-state index in [1.165, 1.54) is 11.4 Å². The molecule has 1 aromatic carbocycles. The molecule has 1 N–H and O–H groups in total. The maximum atomic E-state index is 4.81. The van der Waals surface area contributed by atoms with Gasteiger partial charge in [0.05, 0.1) is 17.1 Å². The topological polar surface area (TPSA) is 52.5 Å². The van der Waals surface area contributed by atoms with Crippen molar-refractivity contribution in [3.05, 3.63) is 66.4 Å². The second-order valence-corrected chi connectivity index (χ2v) is 8.29. The molecule has 0 saturated carbocycles. The van der Waals surface area contributed by atoms with E-state index in [9.17, 15) is 0 Å². The largest absolute Gasteiger partial charge is 0.370 e. The molecule has 156 valence electrons. The Morgan fingerprint density at radius 1 is 1.00 bits per heavy atom. The monoisotopic (exact) mass is 403 g/mol. The Labute approximate surface area is 178 Å². The maximum Gasteiger partial charge on any atom is 0.153 e. The number of rotatable bonds is 5. The molecule has 0 bridgehead atoms. The number of nitrogens with zero attached hydrogens (tertiary/aromatic N) is 6. The van der Waals surface area contributed by atoms with Crippen molar-refractivity contribution in [3.8, 4) is 5.69 Å². The molecular weight excluding hydrogens is 374 g/mol. The Kier molecular flexibility index (Phi) is 5.14. The van der Waals surface area contributed by atoms with E-state index < -0.39 is 0 Å². The molecule has 7 heteroatoms. The molecule has 3 aromatic rings. The Hall–Kier alpha value is -2.90. The lowest BCUT2D eigenvalue weighted by Crippen LogP contribution is -2.48. The van der Waals surface area contributed by atoms with E-state index in [1.807, 2.05) is 12.4 Å². The van der Waals surface area contributed by atoms with Gasteiger partial charge in [0.25, 0.3) is 0 Å². The number of piperazine rings is 1. The van der Waals surface area contributed by atoms with Gasteiger partial charge < -0.3 is 19.7 Å². The summed E-state index contributed by atoms with van der Waals surface area (Å²) in [5, 5.41) is 3.71. The number of hydrogen-bond acceptors (Lipinski definition) is 6. The summed E-state index contributed by atoms with van der Waals surface area (Å²) in [6.45, 7) is 6.27. The molecule has 0 amide bonds. The number of benzene rings is 1. The molecule has 2 aliphatic heterocycles. The van der Waals surface area contributed by atoms with E-state index in [1.54, 1.807) is 0 Å². The average Bonchev–Trinajstić information content (AvgIpc) is 3.28. The van der Waals surface area contributed by atoms with Gasteiger partial charge in [-0.05, 0) is 38.4 Å². The van der Waals surface area contributed by atoms with Crippen LogP contribution in [0, 0.1) is 0 Å². The zero-order valence-corrected chi connectivity index (χ0v) is 17.7. The summed E-state index contributed by atoms with van der Waals surface area (Å²) >= 11 is 0. The van der Waals surface area contributed by atoms with Crippen LogP contribution in [-0.4, -0.2) is 77.7 Å². The second kappa shape index (κ2) is 8.08. The van der Waals surface area contributed by atoms with Crippen molar-refractivity contribution in [1.29, 1.82) is 0 Å². The second-order valence-electron chi connectivity index (χ2n) is 8.29. The highest BCUT2D eigenvalue weighted by Crippen LogP contribution is 2.38. The van der Waals surface area contributed by atoms with Crippen molar-refractivity contribution >= 4 is 11.5 Å². The van der Waals surface area contributed by atoms with Crippen molar-refractivity contribution in [2.75, 3.05) is 63.6 Å². The SMILES string of the molecule is CN(C)CCN1CCN(c2nccnc2C2Nc3ccccc3-n3cccc32)CC1. The molecule has 0 radical (unpaired) electrons. The van der Waals surface area contributed by atoms with E-state index >= 15 is 0 Å². The summed E-state index contributed by atoms with van der Waals surface area (Å²) in [5.41, 5.74) is 4.48. The molecule has 7 nitrogen and oxygen atoms in total. The Morgan fingerprint density at radius 2 is 1.80 bits per heavy atom. The van der Waals surface area contributed by atoms with Gasteiger partial charge in [0.15, 0.2) is 5.82 Å². The number of anilines is 2.